The molecule has 0 fully saturated rings. The van der Waals surface area contributed by atoms with Crippen LogP contribution < -0.4 is 5.32 Å². The molecule has 0 aliphatic carbocycles. The van der Waals surface area contributed by atoms with E-state index < -0.39 is 0 Å². The van der Waals surface area contributed by atoms with Crippen LogP contribution in [0.15, 0.2) is 11.8 Å². The highest BCUT2D eigenvalue weighted by Crippen LogP contribution is 2.00. The molecule has 0 atom stereocenters. The average molecular weight is 154 g/mol. The summed E-state index contributed by atoms with van der Waals surface area (Å²) in [5.41, 5.74) is 0.570. The lowest BCUT2D eigenvalue weighted by Gasteiger charge is -1.96. The topological polar surface area (TPSA) is 29.1 Å². The van der Waals surface area contributed by atoms with Gasteiger partial charge in [-0.2, -0.15) is 0 Å². The molecule has 1 N–H and O–H groups in total. The van der Waals surface area contributed by atoms with Gasteiger partial charge < -0.3 is 5.32 Å². The molecule has 11 heavy (non-hydrogen) atoms. The molecular weight excluding hydrogens is 138 g/mol. The third kappa shape index (κ3) is 5.64. The van der Waals surface area contributed by atoms with E-state index in [1.54, 1.807) is 7.05 Å². The zero-order valence-corrected chi connectivity index (χ0v) is 7.31. The summed E-state index contributed by atoms with van der Waals surface area (Å²) in [4.78, 5) is 10.1. The van der Waals surface area contributed by atoms with Gasteiger partial charge in [0.2, 0.25) is 6.29 Å². The molecule has 0 saturated carbocycles. The van der Waals surface area contributed by atoms with Crippen molar-refractivity contribution in [2.45, 2.75) is 32.6 Å². The first-order valence-corrected chi connectivity index (χ1v) is 4.11. The van der Waals surface area contributed by atoms with E-state index in [1.165, 1.54) is 12.8 Å². The second kappa shape index (κ2) is 7.32. The lowest BCUT2D eigenvalue weighted by Crippen LogP contribution is -2.06. The van der Waals surface area contributed by atoms with Gasteiger partial charge in [0, 0.05) is 7.05 Å². The summed E-state index contributed by atoms with van der Waals surface area (Å²) in [5.74, 6) is 0. The zero-order valence-electron chi connectivity index (χ0n) is 7.31. The van der Waals surface area contributed by atoms with Gasteiger partial charge in [0.25, 0.3) is 0 Å². The van der Waals surface area contributed by atoms with E-state index in [4.69, 9.17) is 0 Å². The molecule has 0 amide bonds. The minimum atomic E-state index is 0.570. The van der Waals surface area contributed by atoms with E-state index in [2.05, 4.69) is 12.2 Å². The SMILES string of the molecule is CCCCCC=C([C]=O)NC. The van der Waals surface area contributed by atoms with E-state index in [9.17, 15) is 4.79 Å². The van der Waals surface area contributed by atoms with Crippen LogP contribution in [0.3, 0.4) is 0 Å². The second-order valence-corrected chi connectivity index (χ2v) is 2.47. The third-order valence-corrected chi connectivity index (χ3v) is 1.54. The molecule has 0 aliphatic heterocycles. The van der Waals surface area contributed by atoms with Gasteiger partial charge in [0.1, 0.15) is 0 Å². The summed E-state index contributed by atoms with van der Waals surface area (Å²) < 4.78 is 0. The minimum absolute atomic E-state index is 0.570. The van der Waals surface area contributed by atoms with Crippen LogP contribution in [0.4, 0.5) is 0 Å². The highest BCUT2D eigenvalue weighted by molar-refractivity contribution is 5.72. The maximum atomic E-state index is 10.1. The Hall–Kier alpha value is -0.790. The Balaban J connectivity index is 3.44. The number of hydrogen-bond donors (Lipinski definition) is 1. The zero-order chi connectivity index (χ0) is 8.53. The van der Waals surface area contributed by atoms with Crippen molar-refractivity contribution in [2.75, 3.05) is 7.05 Å². The predicted molar refractivity (Wildman–Crippen MR) is 47.0 cm³/mol. The first-order chi connectivity index (χ1) is 5.35. The molecule has 0 aromatic carbocycles. The number of nitrogens with one attached hydrogen (secondary N) is 1. The van der Waals surface area contributed by atoms with Crippen molar-refractivity contribution in [2.24, 2.45) is 0 Å². The Morgan fingerprint density at radius 3 is 2.73 bits per heavy atom. The highest BCUT2D eigenvalue weighted by atomic mass is 16.1. The lowest BCUT2D eigenvalue weighted by atomic mass is 10.2. The van der Waals surface area contributed by atoms with Crippen molar-refractivity contribution < 1.29 is 4.79 Å². The number of unbranched alkanes of at least 4 members (excludes halogenated alkanes) is 3. The molecule has 2 heteroatoms. The van der Waals surface area contributed by atoms with Crippen molar-refractivity contribution in [3.63, 3.8) is 0 Å². The normalized spacial score (nSPS) is 11.3. The predicted octanol–water partition coefficient (Wildman–Crippen LogP) is 1.78. The van der Waals surface area contributed by atoms with Gasteiger partial charge in [-0.3, -0.25) is 4.79 Å². The Bertz CT molecular complexity index is 130. The van der Waals surface area contributed by atoms with Gasteiger partial charge in [-0.05, 0) is 12.8 Å². The fourth-order valence-corrected chi connectivity index (χ4v) is 0.835. The Labute approximate surface area is 68.7 Å². The Morgan fingerprint density at radius 2 is 2.27 bits per heavy atom. The van der Waals surface area contributed by atoms with Crippen LogP contribution in [-0.4, -0.2) is 13.3 Å². The number of carbonyl (C=O) groups excluding carboxylic acids is 1. The number of hydrogen-bond acceptors (Lipinski definition) is 2. The summed E-state index contributed by atoms with van der Waals surface area (Å²) in [7, 11) is 1.73. The summed E-state index contributed by atoms with van der Waals surface area (Å²) in [5, 5.41) is 2.77. The van der Waals surface area contributed by atoms with Gasteiger partial charge in [0.15, 0.2) is 0 Å². The average Bonchev–Trinajstić information content (AvgIpc) is 2.05. The molecule has 2 nitrogen and oxygen atoms in total. The highest BCUT2D eigenvalue weighted by Gasteiger charge is 1.89. The standard InChI is InChI=1S/C9H16NO/c1-3-4-5-6-7-9(8-11)10-2/h7,10H,3-6H2,1-2H3. The summed E-state index contributed by atoms with van der Waals surface area (Å²) >= 11 is 0. The molecule has 0 spiro atoms. The maximum Gasteiger partial charge on any atom is 0.250 e. The Morgan fingerprint density at radius 1 is 1.55 bits per heavy atom. The van der Waals surface area contributed by atoms with Crippen LogP contribution >= 0.6 is 0 Å². The fraction of sp³-hybridized carbons (Fsp3) is 0.667. The first kappa shape index (κ1) is 10.2. The number of allylic oxidation sites excluding steroid dienone is 2. The molecule has 0 aromatic heterocycles. The maximum absolute atomic E-state index is 10.1. The van der Waals surface area contributed by atoms with Crippen LogP contribution in [0.2, 0.25) is 0 Å². The fourth-order valence-electron chi connectivity index (χ4n) is 0.835. The molecule has 0 aliphatic rings. The van der Waals surface area contributed by atoms with E-state index in [0.29, 0.717) is 5.70 Å². The van der Waals surface area contributed by atoms with Gasteiger partial charge >= 0.3 is 0 Å². The molecule has 0 heterocycles. The molecule has 1 radical (unpaired) electrons. The van der Waals surface area contributed by atoms with E-state index >= 15 is 0 Å². The Kier molecular flexibility index (Phi) is 6.79. The molecule has 0 aromatic rings. The molecule has 63 valence electrons. The number of rotatable bonds is 6. The van der Waals surface area contributed by atoms with Crippen molar-refractivity contribution in [1.29, 1.82) is 0 Å². The first-order valence-electron chi connectivity index (χ1n) is 4.11. The van der Waals surface area contributed by atoms with Crippen LogP contribution in [0.25, 0.3) is 0 Å². The van der Waals surface area contributed by atoms with Crippen LogP contribution in [-0.2, 0) is 4.79 Å². The van der Waals surface area contributed by atoms with Crippen LogP contribution in [0, 0.1) is 0 Å². The van der Waals surface area contributed by atoms with Gasteiger partial charge in [-0.1, -0.05) is 25.8 Å². The largest absolute Gasteiger partial charge is 0.385 e. The minimum Gasteiger partial charge on any atom is -0.385 e. The quantitative estimate of drug-likeness (QED) is 0.466. The van der Waals surface area contributed by atoms with E-state index in [0.717, 1.165) is 12.8 Å². The van der Waals surface area contributed by atoms with Crippen molar-refractivity contribution >= 4 is 6.29 Å². The van der Waals surface area contributed by atoms with E-state index in [-0.39, 0.29) is 0 Å². The van der Waals surface area contributed by atoms with Crippen molar-refractivity contribution in [1.82, 2.24) is 5.32 Å². The molecular formula is C9H16NO. The molecule has 0 saturated heterocycles. The monoisotopic (exact) mass is 154 g/mol. The summed E-state index contributed by atoms with van der Waals surface area (Å²) in [6.07, 6.45) is 8.29. The van der Waals surface area contributed by atoms with Gasteiger partial charge in [-0.15, -0.1) is 0 Å². The van der Waals surface area contributed by atoms with Crippen LogP contribution in [0.1, 0.15) is 32.6 Å². The van der Waals surface area contributed by atoms with Gasteiger partial charge in [0.05, 0.1) is 5.70 Å². The van der Waals surface area contributed by atoms with Crippen molar-refractivity contribution in [3.05, 3.63) is 11.8 Å². The van der Waals surface area contributed by atoms with E-state index in [1.807, 2.05) is 12.4 Å². The molecule has 0 rings (SSSR count). The second-order valence-electron chi connectivity index (χ2n) is 2.47. The molecule has 0 bridgehead atoms. The lowest BCUT2D eigenvalue weighted by molar-refractivity contribution is 0.559. The number of likely N-dealkylation sites (N-methyl/N-ethyl adjacent to an activating group) is 1. The molecule has 0 unspecified atom stereocenters. The third-order valence-electron chi connectivity index (χ3n) is 1.54. The summed E-state index contributed by atoms with van der Waals surface area (Å²) in [6.45, 7) is 2.16. The van der Waals surface area contributed by atoms with Gasteiger partial charge in [-0.25, -0.2) is 0 Å². The smallest absolute Gasteiger partial charge is 0.250 e. The summed E-state index contributed by atoms with van der Waals surface area (Å²) in [6, 6.07) is 0. The van der Waals surface area contributed by atoms with Crippen molar-refractivity contribution in [3.8, 4) is 0 Å². The van der Waals surface area contributed by atoms with Crippen LogP contribution in [0.5, 0.6) is 0 Å².